The van der Waals surface area contributed by atoms with Gasteiger partial charge in [-0.05, 0) is 18.2 Å². The van der Waals surface area contributed by atoms with E-state index < -0.39 is 11.8 Å². The average Bonchev–Trinajstić information content (AvgIpc) is 3.47. The number of nitrogens with zero attached hydrogens (tertiary/aromatic N) is 1. The number of carbonyl (C=O) groups excluding carboxylic acids is 2. The largest absolute Gasteiger partial charge is 0.489 e. The van der Waals surface area contributed by atoms with Crippen molar-refractivity contribution in [2.75, 3.05) is 0 Å². The third-order valence-corrected chi connectivity index (χ3v) is 4.18. The maximum Gasteiger partial charge on any atom is 0.305 e. The molecule has 0 radical (unpaired) electrons. The Balaban J connectivity index is 1.34. The van der Waals surface area contributed by atoms with Crippen molar-refractivity contribution in [2.24, 2.45) is 0 Å². The highest BCUT2D eigenvalue weighted by molar-refractivity contribution is 5.97. The van der Waals surface area contributed by atoms with Crippen LogP contribution in [-0.2, 0) is 6.61 Å². The lowest BCUT2D eigenvalue weighted by Crippen LogP contribution is -2.42. The minimum absolute atomic E-state index is 0.0289. The molecule has 8 heteroatoms. The van der Waals surface area contributed by atoms with Crippen molar-refractivity contribution < 1.29 is 23.3 Å². The number of carbonyl (C=O) groups is 2. The van der Waals surface area contributed by atoms with E-state index in [2.05, 4.69) is 16.0 Å². The lowest BCUT2D eigenvalue weighted by molar-refractivity contribution is 0.0824. The van der Waals surface area contributed by atoms with Gasteiger partial charge < -0.3 is 13.7 Å². The standard InChI is InChI=1S/C22H17N3O5/c26-21(18-13-19(30-25-18)15-7-3-1-4-8-15)23-24-22(27)20-16(11-12-28-20)14-29-17-9-5-2-6-10-17/h1-13H,14H2,(H,23,26)(H,24,27). The molecule has 4 rings (SSSR count). The van der Waals surface area contributed by atoms with E-state index in [4.69, 9.17) is 13.7 Å². The summed E-state index contributed by atoms with van der Waals surface area (Å²) in [5.74, 6) is -0.0943. The summed E-state index contributed by atoms with van der Waals surface area (Å²) in [6.45, 7) is 0.140. The van der Waals surface area contributed by atoms with Crippen LogP contribution in [0.5, 0.6) is 5.75 Å². The van der Waals surface area contributed by atoms with Crippen LogP contribution in [0, 0.1) is 0 Å². The average molecular weight is 403 g/mol. The van der Waals surface area contributed by atoms with Crippen LogP contribution in [0.15, 0.2) is 88.0 Å². The van der Waals surface area contributed by atoms with Gasteiger partial charge in [0, 0.05) is 17.2 Å². The van der Waals surface area contributed by atoms with Crippen molar-refractivity contribution in [3.8, 4) is 17.1 Å². The molecule has 2 amide bonds. The number of nitrogens with one attached hydrogen (secondary N) is 2. The van der Waals surface area contributed by atoms with E-state index in [0.29, 0.717) is 17.1 Å². The Morgan fingerprint density at radius 3 is 2.37 bits per heavy atom. The molecule has 2 aromatic carbocycles. The molecule has 0 saturated heterocycles. The van der Waals surface area contributed by atoms with Crippen molar-refractivity contribution in [1.29, 1.82) is 0 Å². The van der Waals surface area contributed by atoms with E-state index >= 15 is 0 Å². The number of furan rings is 1. The second-order valence-corrected chi connectivity index (χ2v) is 6.23. The van der Waals surface area contributed by atoms with E-state index in [1.807, 2.05) is 60.7 Å². The maximum atomic E-state index is 12.4. The Morgan fingerprint density at radius 2 is 1.60 bits per heavy atom. The maximum absolute atomic E-state index is 12.4. The van der Waals surface area contributed by atoms with E-state index in [-0.39, 0.29) is 18.1 Å². The van der Waals surface area contributed by atoms with E-state index in [9.17, 15) is 9.59 Å². The number of ether oxygens (including phenoxy) is 1. The number of amides is 2. The lowest BCUT2D eigenvalue weighted by Gasteiger charge is -2.07. The zero-order valence-electron chi connectivity index (χ0n) is 15.7. The molecule has 4 aromatic rings. The molecule has 0 aliphatic rings. The van der Waals surface area contributed by atoms with Crippen LogP contribution in [0.1, 0.15) is 26.6 Å². The third-order valence-electron chi connectivity index (χ3n) is 4.18. The molecule has 0 saturated carbocycles. The first-order chi connectivity index (χ1) is 14.7. The second kappa shape index (κ2) is 8.78. The van der Waals surface area contributed by atoms with Gasteiger partial charge in [0.2, 0.25) is 0 Å². The highest BCUT2D eigenvalue weighted by atomic mass is 16.5. The summed E-state index contributed by atoms with van der Waals surface area (Å²) >= 11 is 0. The minimum atomic E-state index is -0.622. The fraction of sp³-hybridized carbons (Fsp3) is 0.0455. The molecule has 0 aliphatic heterocycles. The summed E-state index contributed by atoms with van der Waals surface area (Å²) in [6, 6.07) is 21.5. The first kappa shape index (κ1) is 19.0. The van der Waals surface area contributed by atoms with Gasteiger partial charge in [-0.1, -0.05) is 53.7 Å². The molecule has 30 heavy (non-hydrogen) atoms. The smallest absolute Gasteiger partial charge is 0.305 e. The van der Waals surface area contributed by atoms with Crippen LogP contribution in [0.25, 0.3) is 11.3 Å². The van der Waals surface area contributed by atoms with Crippen LogP contribution < -0.4 is 15.6 Å². The molecule has 2 N–H and O–H groups in total. The van der Waals surface area contributed by atoms with Gasteiger partial charge >= 0.3 is 5.91 Å². The van der Waals surface area contributed by atoms with E-state index in [1.165, 1.54) is 12.3 Å². The van der Waals surface area contributed by atoms with Gasteiger partial charge in [0.25, 0.3) is 5.91 Å². The molecule has 0 aliphatic carbocycles. The molecular weight excluding hydrogens is 386 g/mol. The quantitative estimate of drug-likeness (QED) is 0.477. The van der Waals surface area contributed by atoms with Crippen molar-refractivity contribution >= 4 is 11.8 Å². The van der Waals surface area contributed by atoms with Crippen LogP contribution in [0.4, 0.5) is 0 Å². The molecule has 8 nitrogen and oxygen atoms in total. The predicted octanol–water partition coefficient (Wildman–Crippen LogP) is 3.59. The molecule has 2 aromatic heterocycles. The Morgan fingerprint density at radius 1 is 0.900 bits per heavy atom. The third kappa shape index (κ3) is 4.39. The molecule has 0 atom stereocenters. The normalized spacial score (nSPS) is 10.4. The van der Waals surface area contributed by atoms with Gasteiger partial charge in [0.15, 0.2) is 17.2 Å². The summed E-state index contributed by atoms with van der Waals surface area (Å²) < 4.78 is 16.1. The number of para-hydroxylation sites is 1. The number of aromatic nitrogens is 1. The summed E-state index contributed by atoms with van der Waals surface area (Å²) in [5.41, 5.74) is 5.95. The van der Waals surface area contributed by atoms with Gasteiger partial charge in [-0.3, -0.25) is 20.4 Å². The fourth-order valence-electron chi connectivity index (χ4n) is 2.68. The van der Waals surface area contributed by atoms with Gasteiger partial charge in [-0.2, -0.15) is 0 Å². The SMILES string of the molecule is O=C(NNC(=O)c1occc1COc1ccccc1)c1cc(-c2ccccc2)on1. The van der Waals surface area contributed by atoms with Crippen molar-refractivity contribution in [2.45, 2.75) is 6.61 Å². The van der Waals surface area contributed by atoms with Crippen LogP contribution in [-0.4, -0.2) is 17.0 Å². The molecule has 2 heterocycles. The highest BCUT2D eigenvalue weighted by Gasteiger charge is 2.19. The van der Waals surface area contributed by atoms with Crippen LogP contribution >= 0.6 is 0 Å². The van der Waals surface area contributed by atoms with Crippen molar-refractivity contribution in [1.82, 2.24) is 16.0 Å². The number of hydrogen-bond acceptors (Lipinski definition) is 6. The Kier molecular flexibility index (Phi) is 5.56. The Bertz CT molecular complexity index is 1140. The summed E-state index contributed by atoms with van der Waals surface area (Å²) in [5, 5.41) is 3.73. The van der Waals surface area contributed by atoms with Crippen LogP contribution in [0.3, 0.4) is 0 Å². The molecule has 0 spiro atoms. The number of benzene rings is 2. The monoisotopic (exact) mass is 403 g/mol. The zero-order chi connectivity index (χ0) is 20.8. The highest BCUT2D eigenvalue weighted by Crippen LogP contribution is 2.19. The first-order valence-electron chi connectivity index (χ1n) is 9.08. The topological polar surface area (TPSA) is 107 Å². The van der Waals surface area contributed by atoms with Gasteiger partial charge in [-0.25, -0.2) is 0 Å². The molecule has 0 fully saturated rings. The predicted molar refractivity (Wildman–Crippen MR) is 106 cm³/mol. The van der Waals surface area contributed by atoms with Crippen LogP contribution in [0.2, 0.25) is 0 Å². The zero-order valence-corrected chi connectivity index (χ0v) is 15.7. The van der Waals surface area contributed by atoms with Gasteiger partial charge in [0.1, 0.15) is 12.4 Å². The van der Waals surface area contributed by atoms with Gasteiger partial charge in [-0.15, -0.1) is 0 Å². The first-order valence-corrected chi connectivity index (χ1v) is 9.08. The van der Waals surface area contributed by atoms with Crippen molar-refractivity contribution in [3.63, 3.8) is 0 Å². The minimum Gasteiger partial charge on any atom is -0.489 e. The lowest BCUT2D eigenvalue weighted by atomic mass is 10.1. The molecule has 150 valence electrons. The van der Waals surface area contributed by atoms with Gasteiger partial charge in [0.05, 0.1) is 6.26 Å². The second-order valence-electron chi connectivity index (χ2n) is 6.23. The number of rotatable bonds is 6. The Labute approximate surface area is 171 Å². The number of hydrazine groups is 1. The molecule has 0 bridgehead atoms. The fourth-order valence-corrected chi connectivity index (χ4v) is 2.68. The summed E-state index contributed by atoms with van der Waals surface area (Å²) in [4.78, 5) is 24.6. The van der Waals surface area contributed by atoms with Crippen molar-refractivity contribution in [3.05, 3.63) is 96.1 Å². The number of hydrogen-bond donors (Lipinski definition) is 2. The summed E-state index contributed by atoms with van der Waals surface area (Å²) in [6.07, 6.45) is 1.38. The Hall–Kier alpha value is -4.33. The van der Waals surface area contributed by atoms with E-state index in [1.54, 1.807) is 6.07 Å². The molecule has 0 unspecified atom stereocenters. The summed E-state index contributed by atoms with van der Waals surface area (Å²) in [7, 11) is 0. The van der Waals surface area contributed by atoms with E-state index in [0.717, 1.165) is 5.56 Å². The molecular formula is C22H17N3O5.